The Bertz CT molecular complexity index is 1110. The number of halogens is 1. The molecule has 1 saturated heterocycles. The normalized spacial score (nSPS) is 16.6. The number of carbonyl (C=O) groups is 2. The Labute approximate surface area is 185 Å². The lowest BCUT2D eigenvalue weighted by Gasteiger charge is -2.34. The number of nitrogens with one attached hydrogen (secondary N) is 1. The summed E-state index contributed by atoms with van der Waals surface area (Å²) in [4.78, 5) is 26.3. The van der Waals surface area contributed by atoms with Gasteiger partial charge in [-0.15, -0.1) is 0 Å². The summed E-state index contributed by atoms with van der Waals surface area (Å²) in [5.74, 6) is -0.957. The third-order valence-electron chi connectivity index (χ3n) is 5.61. The van der Waals surface area contributed by atoms with Gasteiger partial charge >= 0.3 is 5.97 Å². The number of aryl methyl sites for hydroxylation is 1. The zero-order chi connectivity index (χ0) is 22.7. The molecule has 4 rings (SSSR count). The molecule has 1 N–H and O–H groups in total. The van der Waals surface area contributed by atoms with E-state index in [2.05, 4.69) is 5.32 Å². The summed E-state index contributed by atoms with van der Waals surface area (Å²) < 4.78 is 20.1. The Hall–Kier alpha value is -3.52. The van der Waals surface area contributed by atoms with Crippen LogP contribution < -0.4 is 5.32 Å². The Morgan fingerprint density at radius 2 is 1.91 bits per heavy atom. The molecule has 166 valence electrons. The van der Waals surface area contributed by atoms with Gasteiger partial charge in [0.25, 0.3) is 0 Å². The lowest BCUT2D eigenvalue weighted by Crippen LogP contribution is -2.55. The van der Waals surface area contributed by atoms with Crippen molar-refractivity contribution in [2.24, 2.45) is 0 Å². The number of rotatable bonds is 6. The summed E-state index contributed by atoms with van der Waals surface area (Å²) in [6, 6.07) is 13.5. The molecule has 1 fully saturated rings. The lowest BCUT2D eigenvalue weighted by atomic mass is 10.0. The van der Waals surface area contributed by atoms with Crippen LogP contribution >= 0.6 is 0 Å². The van der Waals surface area contributed by atoms with Crippen LogP contribution in [0.2, 0.25) is 0 Å². The van der Waals surface area contributed by atoms with Gasteiger partial charge in [0.05, 0.1) is 24.9 Å². The maximum absolute atomic E-state index is 13.5. The number of methoxy groups -OCH3 is 1. The van der Waals surface area contributed by atoms with Crippen molar-refractivity contribution < 1.29 is 18.7 Å². The molecule has 1 aliphatic rings. The third kappa shape index (κ3) is 4.70. The molecule has 0 aliphatic carbocycles. The Balaban J connectivity index is 1.70. The number of piperazine rings is 1. The zero-order valence-electron chi connectivity index (χ0n) is 18.0. The van der Waals surface area contributed by atoms with E-state index in [9.17, 15) is 14.0 Å². The lowest BCUT2D eigenvalue weighted by molar-refractivity contribution is -0.146. The second-order valence-corrected chi connectivity index (χ2v) is 7.85. The number of nitrogens with zero attached hydrogens (tertiary/aromatic N) is 3. The molecule has 0 spiro atoms. The van der Waals surface area contributed by atoms with E-state index in [4.69, 9.17) is 9.84 Å². The number of aromatic nitrogens is 2. The Morgan fingerprint density at radius 3 is 2.59 bits per heavy atom. The quantitative estimate of drug-likeness (QED) is 0.602. The van der Waals surface area contributed by atoms with Crippen LogP contribution in [-0.4, -0.2) is 52.8 Å². The van der Waals surface area contributed by atoms with Crippen molar-refractivity contribution in [1.29, 1.82) is 0 Å². The molecule has 1 amide bonds. The number of hydrogen-bond acceptors (Lipinski definition) is 5. The van der Waals surface area contributed by atoms with Gasteiger partial charge in [-0.3, -0.25) is 14.5 Å². The first-order valence-corrected chi connectivity index (χ1v) is 10.4. The molecule has 2 aromatic carbocycles. The molecule has 2 heterocycles. The maximum atomic E-state index is 13.5. The predicted octanol–water partition coefficient (Wildman–Crippen LogP) is 2.85. The van der Waals surface area contributed by atoms with Crippen LogP contribution in [0, 0.1) is 12.7 Å². The van der Waals surface area contributed by atoms with E-state index in [0.29, 0.717) is 25.3 Å². The highest BCUT2D eigenvalue weighted by Gasteiger charge is 2.32. The van der Waals surface area contributed by atoms with Gasteiger partial charge in [0.2, 0.25) is 5.91 Å². The summed E-state index contributed by atoms with van der Waals surface area (Å²) in [5.41, 5.74) is 4.39. The van der Waals surface area contributed by atoms with Crippen molar-refractivity contribution in [2.75, 3.05) is 20.2 Å². The van der Waals surface area contributed by atoms with Gasteiger partial charge in [-0.05, 0) is 43.3 Å². The van der Waals surface area contributed by atoms with Gasteiger partial charge in [0.15, 0.2) is 0 Å². The van der Waals surface area contributed by atoms with Crippen molar-refractivity contribution >= 4 is 11.9 Å². The fourth-order valence-corrected chi connectivity index (χ4v) is 3.84. The highest BCUT2D eigenvalue weighted by Crippen LogP contribution is 2.27. The number of carbonyl (C=O) groups excluding carboxylic acids is 2. The average molecular weight is 436 g/mol. The van der Waals surface area contributed by atoms with Crippen molar-refractivity contribution in [1.82, 2.24) is 20.0 Å². The van der Waals surface area contributed by atoms with Crippen molar-refractivity contribution in [2.45, 2.75) is 25.9 Å². The second kappa shape index (κ2) is 9.32. The molecule has 8 heteroatoms. The Kier molecular flexibility index (Phi) is 6.32. The summed E-state index contributed by atoms with van der Waals surface area (Å²) in [7, 11) is 1.31. The van der Waals surface area contributed by atoms with E-state index in [-0.39, 0.29) is 18.1 Å². The van der Waals surface area contributed by atoms with Crippen LogP contribution in [0.5, 0.6) is 0 Å². The number of amides is 1. The van der Waals surface area contributed by atoms with E-state index < -0.39 is 12.0 Å². The van der Waals surface area contributed by atoms with E-state index in [0.717, 1.165) is 22.4 Å². The van der Waals surface area contributed by atoms with E-state index in [1.54, 1.807) is 16.8 Å². The number of esters is 1. The minimum Gasteiger partial charge on any atom is -0.469 e. The van der Waals surface area contributed by atoms with Gasteiger partial charge in [-0.25, -0.2) is 9.07 Å². The molecule has 0 unspecified atom stereocenters. The molecule has 1 atom stereocenters. The molecule has 1 aliphatic heterocycles. The maximum Gasteiger partial charge on any atom is 0.307 e. The van der Waals surface area contributed by atoms with Crippen LogP contribution in [0.1, 0.15) is 17.5 Å². The molecule has 7 nitrogen and oxygen atoms in total. The molecule has 0 bridgehead atoms. The van der Waals surface area contributed by atoms with Crippen LogP contribution in [0.4, 0.5) is 4.39 Å². The fraction of sp³-hybridized carbons (Fsp3) is 0.292. The van der Waals surface area contributed by atoms with Gasteiger partial charge in [-0.2, -0.15) is 5.10 Å². The first kappa shape index (κ1) is 21.7. The van der Waals surface area contributed by atoms with E-state index in [1.165, 1.54) is 19.2 Å². The summed E-state index contributed by atoms with van der Waals surface area (Å²) >= 11 is 0. The van der Waals surface area contributed by atoms with Crippen LogP contribution in [0.15, 0.2) is 54.7 Å². The number of ether oxygens (including phenoxy) is 1. The van der Waals surface area contributed by atoms with Crippen molar-refractivity contribution in [3.05, 3.63) is 71.7 Å². The molecule has 0 saturated carbocycles. The van der Waals surface area contributed by atoms with Crippen molar-refractivity contribution in [3.63, 3.8) is 0 Å². The largest absolute Gasteiger partial charge is 0.469 e. The number of benzene rings is 2. The average Bonchev–Trinajstić information content (AvgIpc) is 3.20. The van der Waals surface area contributed by atoms with Crippen LogP contribution in [0.25, 0.3) is 16.9 Å². The van der Waals surface area contributed by atoms with Gasteiger partial charge < -0.3 is 10.1 Å². The van der Waals surface area contributed by atoms with Crippen LogP contribution in [-0.2, 0) is 20.9 Å². The van der Waals surface area contributed by atoms with Crippen LogP contribution in [0.3, 0.4) is 0 Å². The highest BCUT2D eigenvalue weighted by molar-refractivity contribution is 5.87. The monoisotopic (exact) mass is 436 g/mol. The minimum atomic E-state index is -0.625. The molecular formula is C24H25FN4O3. The zero-order valence-corrected chi connectivity index (χ0v) is 18.0. The Morgan fingerprint density at radius 1 is 1.19 bits per heavy atom. The highest BCUT2D eigenvalue weighted by atomic mass is 19.1. The summed E-state index contributed by atoms with van der Waals surface area (Å²) in [6.45, 7) is 3.51. The SMILES string of the molecule is COC(=O)C[C@H]1C(=O)NCCN1Cc1cn(-c2ccc(C)cc2)nc1-c1ccc(F)cc1. The predicted molar refractivity (Wildman–Crippen MR) is 118 cm³/mol. The topological polar surface area (TPSA) is 76.5 Å². The molecular weight excluding hydrogens is 411 g/mol. The van der Waals surface area contributed by atoms with Gasteiger partial charge in [-0.1, -0.05) is 17.7 Å². The molecule has 1 aromatic heterocycles. The summed E-state index contributed by atoms with van der Waals surface area (Å²) in [6.07, 6.45) is 1.89. The molecule has 3 aromatic rings. The summed E-state index contributed by atoms with van der Waals surface area (Å²) in [5, 5.41) is 7.59. The smallest absolute Gasteiger partial charge is 0.307 e. The first-order valence-electron chi connectivity index (χ1n) is 10.4. The standard InChI is InChI=1S/C24H25FN4O3/c1-16-3-9-20(10-4-16)29-15-18(23(27-29)17-5-7-19(25)8-6-17)14-28-12-11-26-24(31)21(28)13-22(30)32-2/h3-10,15,21H,11-14H2,1-2H3,(H,26,31)/t21-/m0/s1. The minimum absolute atomic E-state index is 0.0275. The van der Waals surface area contributed by atoms with E-state index in [1.807, 2.05) is 42.3 Å². The van der Waals surface area contributed by atoms with Gasteiger partial charge in [0, 0.05) is 37.0 Å². The van der Waals surface area contributed by atoms with E-state index >= 15 is 0 Å². The second-order valence-electron chi connectivity index (χ2n) is 7.85. The molecule has 32 heavy (non-hydrogen) atoms. The van der Waals surface area contributed by atoms with Crippen molar-refractivity contribution in [3.8, 4) is 16.9 Å². The number of hydrogen-bond donors (Lipinski definition) is 1. The fourth-order valence-electron chi connectivity index (χ4n) is 3.84. The van der Waals surface area contributed by atoms with Gasteiger partial charge in [0.1, 0.15) is 11.9 Å². The molecule has 0 radical (unpaired) electrons. The first-order chi connectivity index (χ1) is 15.4. The third-order valence-corrected chi connectivity index (χ3v) is 5.61.